The number of rotatable bonds is 47. The highest BCUT2D eigenvalue weighted by molar-refractivity contribution is 5.71. The van der Waals surface area contributed by atoms with Crippen LogP contribution in [-0.4, -0.2) is 37.2 Å². The quantitative estimate of drug-likeness (QED) is 0.0346. The van der Waals surface area contributed by atoms with Gasteiger partial charge in [0.15, 0.2) is 6.10 Å². The van der Waals surface area contributed by atoms with Crippen LogP contribution in [0.5, 0.6) is 0 Å². The Balaban J connectivity index is 4.25. The van der Waals surface area contributed by atoms with Crippen LogP contribution in [0.25, 0.3) is 0 Å². The van der Waals surface area contributed by atoms with Gasteiger partial charge in [-0.3, -0.25) is 14.4 Å². The van der Waals surface area contributed by atoms with E-state index in [2.05, 4.69) is 27.7 Å². The maximum absolute atomic E-state index is 12.8. The van der Waals surface area contributed by atoms with Crippen molar-refractivity contribution in [2.24, 2.45) is 5.92 Å². The Morgan fingerprint density at radius 3 is 0.897 bits per heavy atom. The summed E-state index contributed by atoms with van der Waals surface area (Å²) in [4.78, 5) is 37.9. The molecule has 2 atom stereocenters. The van der Waals surface area contributed by atoms with Crippen molar-refractivity contribution in [1.82, 2.24) is 0 Å². The van der Waals surface area contributed by atoms with E-state index in [1.165, 1.54) is 186 Å². The van der Waals surface area contributed by atoms with Gasteiger partial charge < -0.3 is 14.2 Å². The molecule has 6 nitrogen and oxygen atoms in total. The van der Waals surface area contributed by atoms with Crippen molar-refractivity contribution in [2.45, 2.75) is 297 Å². The highest BCUT2D eigenvalue weighted by Gasteiger charge is 2.19. The zero-order valence-corrected chi connectivity index (χ0v) is 39.5. The standard InChI is InChI=1S/C52H100O6/c1-5-8-10-12-14-16-18-19-20-21-22-23-24-25-27-29-31-37-41-45-52(55)58-49(47-57-51(54)44-40-36-33-32-34-38-42-48(4)7-3)46-56-50(53)43-39-35-30-28-26-17-15-13-11-9-6-2/h48-49H,5-47H2,1-4H3/t48?,49-/m0/s1. The second-order valence-corrected chi connectivity index (χ2v) is 18.1. The van der Waals surface area contributed by atoms with E-state index in [4.69, 9.17) is 14.2 Å². The summed E-state index contributed by atoms with van der Waals surface area (Å²) in [5, 5.41) is 0. The summed E-state index contributed by atoms with van der Waals surface area (Å²) < 4.78 is 16.8. The Kier molecular flexibility index (Phi) is 45.2. The second kappa shape index (κ2) is 46.5. The number of carbonyl (C=O) groups excluding carboxylic acids is 3. The van der Waals surface area contributed by atoms with Gasteiger partial charge in [0.2, 0.25) is 0 Å². The summed E-state index contributed by atoms with van der Waals surface area (Å²) in [5.74, 6) is -0.0351. The summed E-state index contributed by atoms with van der Waals surface area (Å²) in [5.41, 5.74) is 0. The Morgan fingerprint density at radius 2 is 0.603 bits per heavy atom. The maximum atomic E-state index is 12.8. The molecule has 0 aromatic carbocycles. The molecule has 0 heterocycles. The minimum absolute atomic E-state index is 0.0638. The van der Waals surface area contributed by atoms with Crippen molar-refractivity contribution in [3.8, 4) is 0 Å². The number of ether oxygens (including phenoxy) is 3. The third-order valence-electron chi connectivity index (χ3n) is 12.2. The molecule has 0 aliphatic heterocycles. The molecular formula is C52H100O6. The normalized spacial score (nSPS) is 12.4. The fourth-order valence-corrected chi connectivity index (χ4v) is 7.83. The number of hydrogen-bond donors (Lipinski definition) is 0. The van der Waals surface area contributed by atoms with Crippen LogP contribution in [-0.2, 0) is 28.6 Å². The first-order valence-corrected chi connectivity index (χ1v) is 25.9. The molecule has 0 bridgehead atoms. The first-order valence-electron chi connectivity index (χ1n) is 25.9. The van der Waals surface area contributed by atoms with Crippen LogP contribution in [0, 0.1) is 5.92 Å². The molecular weight excluding hydrogens is 721 g/mol. The van der Waals surface area contributed by atoms with Crippen LogP contribution in [0.1, 0.15) is 291 Å². The Bertz CT molecular complexity index is 874. The van der Waals surface area contributed by atoms with Gasteiger partial charge in [0.25, 0.3) is 0 Å². The van der Waals surface area contributed by atoms with Crippen molar-refractivity contribution >= 4 is 17.9 Å². The molecule has 0 fully saturated rings. The number of unbranched alkanes of at least 4 members (excludes halogenated alkanes) is 33. The van der Waals surface area contributed by atoms with Crippen LogP contribution in [0.4, 0.5) is 0 Å². The van der Waals surface area contributed by atoms with E-state index in [1.807, 2.05) is 0 Å². The van der Waals surface area contributed by atoms with Crippen LogP contribution in [0.15, 0.2) is 0 Å². The van der Waals surface area contributed by atoms with Crippen LogP contribution < -0.4 is 0 Å². The largest absolute Gasteiger partial charge is 0.462 e. The van der Waals surface area contributed by atoms with Gasteiger partial charge in [-0.05, 0) is 25.2 Å². The highest BCUT2D eigenvalue weighted by atomic mass is 16.6. The first-order chi connectivity index (χ1) is 28.4. The van der Waals surface area contributed by atoms with Gasteiger partial charge >= 0.3 is 17.9 Å². The third-order valence-corrected chi connectivity index (χ3v) is 12.2. The Hall–Kier alpha value is -1.59. The van der Waals surface area contributed by atoms with Crippen molar-refractivity contribution in [2.75, 3.05) is 13.2 Å². The Morgan fingerprint density at radius 1 is 0.345 bits per heavy atom. The second-order valence-electron chi connectivity index (χ2n) is 18.1. The summed E-state index contributed by atoms with van der Waals surface area (Å²) >= 11 is 0. The van der Waals surface area contributed by atoms with E-state index in [9.17, 15) is 14.4 Å². The minimum Gasteiger partial charge on any atom is -0.462 e. The van der Waals surface area contributed by atoms with Gasteiger partial charge in [0, 0.05) is 19.3 Å². The minimum atomic E-state index is -0.761. The topological polar surface area (TPSA) is 78.9 Å². The molecule has 0 saturated carbocycles. The molecule has 0 aromatic heterocycles. The number of hydrogen-bond acceptors (Lipinski definition) is 6. The molecule has 0 rings (SSSR count). The van der Waals surface area contributed by atoms with Crippen molar-refractivity contribution in [1.29, 1.82) is 0 Å². The predicted molar refractivity (Wildman–Crippen MR) is 247 cm³/mol. The Labute approximate surface area is 361 Å². The van der Waals surface area contributed by atoms with E-state index in [0.717, 1.165) is 63.7 Å². The molecule has 0 N–H and O–H groups in total. The third kappa shape index (κ3) is 44.0. The molecule has 344 valence electrons. The summed E-state index contributed by atoms with van der Waals surface area (Å²) in [7, 11) is 0. The fourth-order valence-electron chi connectivity index (χ4n) is 7.83. The van der Waals surface area contributed by atoms with E-state index >= 15 is 0 Å². The lowest BCUT2D eigenvalue weighted by Gasteiger charge is -2.18. The molecule has 0 radical (unpaired) electrons. The number of esters is 3. The van der Waals surface area contributed by atoms with E-state index < -0.39 is 6.10 Å². The first kappa shape index (κ1) is 56.4. The summed E-state index contributed by atoms with van der Waals surface area (Å²) in [6.45, 7) is 8.99. The van der Waals surface area contributed by atoms with Gasteiger partial charge in [-0.15, -0.1) is 0 Å². The molecule has 0 aliphatic rings. The number of carbonyl (C=O) groups is 3. The van der Waals surface area contributed by atoms with Gasteiger partial charge in [-0.1, -0.05) is 252 Å². The smallest absolute Gasteiger partial charge is 0.306 e. The molecule has 0 aromatic rings. The molecule has 0 aliphatic carbocycles. The average Bonchev–Trinajstić information content (AvgIpc) is 3.22. The van der Waals surface area contributed by atoms with E-state index in [1.54, 1.807) is 0 Å². The van der Waals surface area contributed by atoms with Gasteiger partial charge in [0.1, 0.15) is 13.2 Å². The van der Waals surface area contributed by atoms with Gasteiger partial charge in [0.05, 0.1) is 0 Å². The molecule has 0 spiro atoms. The molecule has 58 heavy (non-hydrogen) atoms. The SMILES string of the molecule is CCCCCCCCCCCCCCCCCCCCCC(=O)O[C@@H](COC(=O)CCCCCCCCCCCCC)COC(=O)CCCCCCCCC(C)CC. The molecule has 0 amide bonds. The van der Waals surface area contributed by atoms with Crippen LogP contribution >= 0.6 is 0 Å². The lowest BCUT2D eigenvalue weighted by Crippen LogP contribution is -2.30. The summed E-state index contributed by atoms with van der Waals surface area (Å²) in [6, 6.07) is 0. The zero-order chi connectivity index (χ0) is 42.4. The summed E-state index contributed by atoms with van der Waals surface area (Å²) in [6.07, 6.45) is 48.1. The average molecular weight is 821 g/mol. The van der Waals surface area contributed by atoms with Crippen molar-refractivity contribution in [3.05, 3.63) is 0 Å². The fraction of sp³-hybridized carbons (Fsp3) is 0.942. The zero-order valence-electron chi connectivity index (χ0n) is 39.5. The molecule has 6 heteroatoms. The maximum Gasteiger partial charge on any atom is 0.306 e. The van der Waals surface area contributed by atoms with E-state index in [0.29, 0.717) is 19.3 Å². The molecule has 0 saturated heterocycles. The molecule has 1 unspecified atom stereocenters. The lowest BCUT2D eigenvalue weighted by atomic mass is 10.00. The lowest BCUT2D eigenvalue weighted by molar-refractivity contribution is -0.167. The van der Waals surface area contributed by atoms with Crippen molar-refractivity contribution in [3.63, 3.8) is 0 Å². The predicted octanol–water partition coefficient (Wildman–Crippen LogP) is 16.7. The highest BCUT2D eigenvalue weighted by Crippen LogP contribution is 2.17. The van der Waals surface area contributed by atoms with Crippen LogP contribution in [0.3, 0.4) is 0 Å². The van der Waals surface area contributed by atoms with E-state index in [-0.39, 0.29) is 31.1 Å². The monoisotopic (exact) mass is 821 g/mol. The van der Waals surface area contributed by atoms with Crippen molar-refractivity contribution < 1.29 is 28.6 Å². The van der Waals surface area contributed by atoms with Crippen LogP contribution in [0.2, 0.25) is 0 Å². The van der Waals surface area contributed by atoms with Gasteiger partial charge in [-0.2, -0.15) is 0 Å². The van der Waals surface area contributed by atoms with Gasteiger partial charge in [-0.25, -0.2) is 0 Å².